The number of rotatable bonds is 4. The van der Waals surface area contributed by atoms with Crippen molar-refractivity contribution in [2.24, 2.45) is 5.16 Å². The van der Waals surface area contributed by atoms with Crippen LogP contribution in [0.1, 0.15) is 49.7 Å². The lowest BCUT2D eigenvalue weighted by molar-refractivity contribution is 0.0340. The van der Waals surface area contributed by atoms with Crippen molar-refractivity contribution in [1.29, 1.82) is 0 Å². The summed E-state index contributed by atoms with van der Waals surface area (Å²) in [6.07, 6.45) is 4.94. The highest BCUT2D eigenvalue weighted by Crippen LogP contribution is 2.21. The van der Waals surface area contributed by atoms with E-state index >= 15 is 0 Å². The molecule has 18 heavy (non-hydrogen) atoms. The van der Waals surface area contributed by atoms with E-state index in [1.165, 1.54) is 37.6 Å². The molecule has 1 aliphatic carbocycles. The minimum Gasteiger partial charge on any atom is -0.393 e. The van der Waals surface area contributed by atoms with Gasteiger partial charge in [0.1, 0.15) is 6.10 Å². The predicted molar refractivity (Wildman–Crippen MR) is 67.0 cm³/mol. The molecule has 98 valence electrons. The summed E-state index contributed by atoms with van der Waals surface area (Å²) in [6, 6.07) is 6.17. The number of hydrogen-bond acceptors (Lipinski definition) is 2. The second-order valence-corrected chi connectivity index (χ2v) is 4.57. The molecule has 2 nitrogen and oxygen atoms in total. The van der Waals surface area contributed by atoms with Crippen molar-refractivity contribution in [3.63, 3.8) is 0 Å². The average molecular weight is 253 g/mol. The number of alkyl halides is 2. The van der Waals surface area contributed by atoms with Gasteiger partial charge in [0.05, 0.1) is 6.21 Å². The Labute approximate surface area is 106 Å². The van der Waals surface area contributed by atoms with Crippen LogP contribution in [0.25, 0.3) is 0 Å². The van der Waals surface area contributed by atoms with Crippen LogP contribution in [-0.4, -0.2) is 12.3 Å². The highest BCUT2D eigenvalue weighted by molar-refractivity contribution is 5.79. The number of benzene rings is 1. The molecule has 0 aliphatic heterocycles. The zero-order valence-electron chi connectivity index (χ0n) is 10.2. The van der Waals surface area contributed by atoms with E-state index in [1.54, 1.807) is 12.1 Å². The Morgan fingerprint density at radius 3 is 2.72 bits per heavy atom. The topological polar surface area (TPSA) is 21.6 Å². The first-order valence-corrected chi connectivity index (χ1v) is 6.33. The van der Waals surface area contributed by atoms with Crippen LogP contribution in [0.4, 0.5) is 8.78 Å². The third-order valence-electron chi connectivity index (χ3n) is 3.13. The smallest absolute Gasteiger partial charge is 0.263 e. The second kappa shape index (κ2) is 6.47. The largest absolute Gasteiger partial charge is 0.393 e. The van der Waals surface area contributed by atoms with Gasteiger partial charge < -0.3 is 4.84 Å². The van der Waals surface area contributed by atoms with E-state index in [-0.39, 0.29) is 11.7 Å². The molecule has 0 heterocycles. The van der Waals surface area contributed by atoms with E-state index in [0.717, 1.165) is 12.8 Å². The maximum atomic E-state index is 12.5. The van der Waals surface area contributed by atoms with Crippen LogP contribution >= 0.6 is 0 Å². The molecule has 0 N–H and O–H groups in total. The van der Waals surface area contributed by atoms with E-state index in [2.05, 4.69) is 5.16 Å². The van der Waals surface area contributed by atoms with Gasteiger partial charge in [-0.05, 0) is 37.3 Å². The Bertz CT molecular complexity index is 401. The molecule has 0 bridgehead atoms. The Morgan fingerprint density at radius 2 is 2.00 bits per heavy atom. The Kier molecular flexibility index (Phi) is 4.67. The fourth-order valence-corrected chi connectivity index (χ4v) is 2.12. The van der Waals surface area contributed by atoms with Crippen molar-refractivity contribution < 1.29 is 13.6 Å². The van der Waals surface area contributed by atoms with Crippen LogP contribution < -0.4 is 0 Å². The first-order chi connectivity index (χ1) is 8.75. The van der Waals surface area contributed by atoms with E-state index in [9.17, 15) is 8.78 Å². The van der Waals surface area contributed by atoms with E-state index in [4.69, 9.17) is 4.84 Å². The average Bonchev–Trinajstić information content (AvgIpc) is 2.40. The molecule has 0 atom stereocenters. The minimum absolute atomic E-state index is 0.0108. The van der Waals surface area contributed by atoms with Crippen molar-refractivity contribution in [3.05, 3.63) is 35.4 Å². The van der Waals surface area contributed by atoms with Crippen molar-refractivity contribution in [2.75, 3.05) is 0 Å². The molecule has 4 heteroatoms. The maximum Gasteiger partial charge on any atom is 0.263 e. The summed E-state index contributed by atoms with van der Waals surface area (Å²) in [6.45, 7) is 0. The summed E-state index contributed by atoms with van der Waals surface area (Å²) in [5.74, 6) is 0. The van der Waals surface area contributed by atoms with Gasteiger partial charge in [0.25, 0.3) is 6.43 Å². The summed E-state index contributed by atoms with van der Waals surface area (Å²) in [5.41, 5.74) is 0.653. The zero-order chi connectivity index (χ0) is 12.8. The standard InChI is InChI=1S/C14H17F2NO/c15-14(16)12-6-4-5-11(9-12)10-17-18-13-7-2-1-3-8-13/h4-6,9-10,13-14H,1-3,7-8H2. The van der Waals surface area contributed by atoms with Crippen LogP contribution in [0, 0.1) is 0 Å². The van der Waals surface area contributed by atoms with Crippen molar-refractivity contribution >= 4 is 6.21 Å². The van der Waals surface area contributed by atoms with Gasteiger partial charge in [-0.1, -0.05) is 29.8 Å². The van der Waals surface area contributed by atoms with Gasteiger partial charge in [0.2, 0.25) is 0 Å². The molecule has 0 spiro atoms. The predicted octanol–water partition coefficient (Wildman–Crippen LogP) is 4.31. The molecular formula is C14H17F2NO. The van der Waals surface area contributed by atoms with Crippen LogP contribution in [0.3, 0.4) is 0 Å². The van der Waals surface area contributed by atoms with Crippen molar-refractivity contribution in [1.82, 2.24) is 0 Å². The lowest BCUT2D eigenvalue weighted by atomic mass is 9.98. The molecule has 0 unspecified atom stereocenters. The summed E-state index contributed by atoms with van der Waals surface area (Å²) in [5, 5.41) is 3.90. The molecule has 0 aromatic heterocycles. The number of halogens is 2. The molecular weight excluding hydrogens is 236 g/mol. The zero-order valence-corrected chi connectivity index (χ0v) is 10.2. The Balaban J connectivity index is 1.89. The van der Waals surface area contributed by atoms with E-state index < -0.39 is 6.43 Å². The van der Waals surface area contributed by atoms with E-state index in [0.29, 0.717) is 5.56 Å². The van der Waals surface area contributed by atoms with Gasteiger partial charge in [-0.2, -0.15) is 0 Å². The lowest BCUT2D eigenvalue weighted by Gasteiger charge is -2.18. The normalized spacial score (nSPS) is 17.5. The quantitative estimate of drug-likeness (QED) is 0.579. The molecule has 1 saturated carbocycles. The molecule has 0 amide bonds. The maximum absolute atomic E-state index is 12.5. The second-order valence-electron chi connectivity index (χ2n) is 4.57. The van der Waals surface area contributed by atoms with Gasteiger partial charge in [-0.3, -0.25) is 0 Å². The van der Waals surface area contributed by atoms with Crippen LogP contribution in [-0.2, 0) is 4.84 Å². The van der Waals surface area contributed by atoms with E-state index in [1.807, 2.05) is 0 Å². The van der Waals surface area contributed by atoms with Crippen LogP contribution in [0.15, 0.2) is 29.4 Å². The fourth-order valence-electron chi connectivity index (χ4n) is 2.12. The molecule has 1 aromatic carbocycles. The Hall–Kier alpha value is -1.45. The van der Waals surface area contributed by atoms with Gasteiger partial charge >= 0.3 is 0 Å². The van der Waals surface area contributed by atoms with Gasteiger partial charge in [0.15, 0.2) is 0 Å². The lowest BCUT2D eigenvalue weighted by Crippen LogP contribution is -2.13. The van der Waals surface area contributed by atoms with Gasteiger partial charge in [-0.25, -0.2) is 8.78 Å². The fraction of sp³-hybridized carbons (Fsp3) is 0.500. The first kappa shape index (κ1) is 13.0. The molecule has 1 aromatic rings. The molecule has 0 radical (unpaired) electrons. The number of oxime groups is 1. The highest BCUT2D eigenvalue weighted by Gasteiger charge is 2.13. The Morgan fingerprint density at radius 1 is 1.22 bits per heavy atom. The highest BCUT2D eigenvalue weighted by atomic mass is 19.3. The third-order valence-corrected chi connectivity index (χ3v) is 3.13. The van der Waals surface area contributed by atoms with Gasteiger partial charge in [-0.15, -0.1) is 0 Å². The van der Waals surface area contributed by atoms with Crippen molar-refractivity contribution in [3.8, 4) is 0 Å². The molecule has 1 aliphatic rings. The van der Waals surface area contributed by atoms with Crippen molar-refractivity contribution in [2.45, 2.75) is 44.6 Å². The van der Waals surface area contributed by atoms with Gasteiger partial charge in [0, 0.05) is 5.56 Å². The minimum atomic E-state index is -2.45. The van der Waals surface area contributed by atoms with Crippen LogP contribution in [0.2, 0.25) is 0 Å². The number of nitrogens with zero attached hydrogens (tertiary/aromatic N) is 1. The summed E-state index contributed by atoms with van der Waals surface area (Å²) < 4.78 is 25.0. The monoisotopic (exact) mass is 253 g/mol. The number of hydrogen-bond donors (Lipinski definition) is 0. The molecule has 1 fully saturated rings. The summed E-state index contributed by atoms with van der Waals surface area (Å²) in [7, 11) is 0. The third kappa shape index (κ3) is 3.79. The SMILES string of the molecule is FC(F)c1cccc(C=NOC2CCCCC2)c1. The first-order valence-electron chi connectivity index (χ1n) is 6.33. The van der Waals surface area contributed by atoms with Crippen LogP contribution in [0.5, 0.6) is 0 Å². The molecule has 2 rings (SSSR count). The summed E-state index contributed by atoms with van der Waals surface area (Å²) >= 11 is 0. The summed E-state index contributed by atoms with van der Waals surface area (Å²) in [4.78, 5) is 5.37. The molecule has 0 saturated heterocycles.